The predicted octanol–water partition coefficient (Wildman–Crippen LogP) is 3.44. The topological polar surface area (TPSA) is 62.1 Å². The molecule has 1 aliphatic heterocycles. The molecule has 21 heavy (non-hydrogen) atoms. The zero-order valence-corrected chi connectivity index (χ0v) is 12.6. The maximum Gasteiger partial charge on any atom is 0.235 e. The summed E-state index contributed by atoms with van der Waals surface area (Å²) in [5.41, 5.74) is 1.81. The molecule has 0 spiro atoms. The quantitative estimate of drug-likeness (QED) is 0.909. The van der Waals surface area contributed by atoms with Crippen LogP contribution < -0.4 is 10.1 Å². The van der Waals surface area contributed by atoms with Gasteiger partial charge in [-0.2, -0.15) is 5.26 Å². The van der Waals surface area contributed by atoms with Gasteiger partial charge in [0.1, 0.15) is 24.3 Å². The molecule has 104 valence electrons. The van der Waals surface area contributed by atoms with E-state index in [4.69, 9.17) is 10.00 Å². The average Bonchev–Trinajstić information content (AvgIpc) is 2.91. The lowest BCUT2D eigenvalue weighted by Crippen LogP contribution is -2.22. The first kappa shape index (κ1) is 13.7. The van der Waals surface area contributed by atoms with Crippen LogP contribution in [0.15, 0.2) is 46.9 Å². The Morgan fingerprint density at radius 2 is 2.14 bits per heavy atom. The number of nitrogens with zero attached hydrogens (tertiary/aromatic N) is 1. The van der Waals surface area contributed by atoms with Crippen LogP contribution in [0.5, 0.6) is 5.75 Å². The van der Waals surface area contributed by atoms with Crippen LogP contribution in [0.2, 0.25) is 0 Å². The number of nitriles is 1. The summed E-state index contributed by atoms with van der Waals surface area (Å²) in [5, 5.41) is 11.9. The van der Waals surface area contributed by atoms with Gasteiger partial charge in [0.25, 0.3) is 0 Å². The van der Waals surface area contributed by atoms with Crippen LogP contribution in [0, 0.1) is 11.3 Å². The standard InChI is InChI=1S/C16H11BrN2O2/c17-11-6-5-10(8-18)14(7-11)19-16(20)13-9-21-15-4-2-1-3-12(13)15/h1-7,13H,9H2,(H,19,20). The molecule has 1 amide bonds. The Morgan fingerprint density at radius 3 is 2.95 bits per heavy atom. The molecule has 0 aliphatic carbocycles. The molecule has 0 radical (unpaired) electrons. The summed E-state index contributed by atoms with van der Waals surface area (Å²) in [6.07, 6.45) is 0. The number of rotatable bonds is 2. The van der Waals surface area contributed by atoms with Crippen molar-refractivity contribution in [3.63, 3.8) is 0 Å². The number of hydrogen-bond donors (Lipinski definition) is 1. The second-order valence-corrected chi connectivity index (χ2v) is 5.61. The van der Waals surface area contributed by atoms with Crippen LogP contribution in [0.1, 0.15) is 17.0 Å². The Bertz CT molecular complexity index is 752. The monoisotopic (exact) mass is 342 g/mol. The predicted molar refractivity (Wildman–Crippen MR) is 82.2 cm³/mol. The van der Waals surface area contributed by atoms with Gasteiger partial charge in [-0.1, -0.05) is 34.1 Å². The normalized spacial score (nSPS) is 15.7. The van der Waals surface area contributed by atoms with Crippen molar-refractivity contribution in [3.8, 4) is 11.8 Å². The number of benzene rings is 2. The Balaban J connectivity index is 1.86. The van der Waals surface area contributed by atoms with Gasteiger partial charge in [0.15, 0.2) is 0 Å². The van der Waals surface area contributed by atoms with Crippen molar-refractivity contribution < 1.29 is 9.53 Å². The first-order valence-corrected chi connectivity index (χ1v) is 7.20. The Labute approximate surface area is 130 Å². The van der Waals surface area contributed by atoms with E-state index in [1.807, 2.05) is 24.3 Å². The second kappa shape index (κ2) is 5.58. The van der Waals surface area contributed by atoms with Crippen molar-refractivity contribution in [3.05, 3.63) is 58.1 Å². The summed E-state index contributed by atoms with van der Waals surface area (Å²) in [7, 11) is 0. The van der Waals surface area contributed by atoms with Crippen molar-refractivity contribution in [2.24, 2.45) is 0 Å². The van der Waals surface area contributed by atoms with Gasteiger partial charge in [0.2, 0.25) is 5.91 Å². The van der Waals surface area contributed by atoms with E-state index in [1.165, 1.54) is 0 Å². The molecule has 1 aliphatic rings. The fraction of sp³-hybridized carbons (Fsp3) is 0.125. The molecule has 5 heteroatoms. The van der Waals surface area contributed by atoms with E-state index in [0.717, 1.165) is 15.8 Å². The summed E-state index contributed by atoms with van der Waals surface area (Å²) in [5.74, 6) is 0.216. The summed E-state index contributed by atoms with van der Waals surface area (Å²) in [4.78, 5) is 12.4. The van der Waals surface area contributed by atoms with Crippen molar-refractivity contribution in [1.29, 1.82) is 5.26 Å². The van der Waals surface area contributed by atoms with Gasteiger partial charge >= 0.3 is 0 Å². The van der Waals surface area contributed by atoms with Gasteiger partial charge in [0, 0.05) is 10.0 Å². The Morgan fingerprint density at radius 1 is 1.33 bits per heavy atom. The fourth-order valence-electron chi connectivity index (χ4n) is 2.32. The summed E-state index contributed by atoms with van der Waals surface area (Å²) in [6, 6.07) is 14.7. The third-order valence-corrected chi connectivity index (χ3v) is 3.87. The van der Waals surface area contributed by atoms with Crippen LogP contribution in [0.4, 0.5) is 5.69 Å². The van der Waals surface area contributed by atoms with Crippen LogP contribution in [0.25, 0.3) is 0 Å². The second-order valence-electron chi connectivity index (χ2n) is 4.69. The molecule has 1 N–H and O–H groups in total. The molecular formula is C16H11BrN2O2. The van der Waals surface area contributed by atoms with E-state index in [-0.39, 0.29) is 11.8 Å². The van der Waals surface area contributed by atoms with Crippen LogP contribution in [-0.4, -0.2) is 12.5 Å². The fourth-order valence-corrected chi connectivity index (χ4v) is 2.68. The Hall–Kier alpha value is -2.32. The molecule has 0 bridgehead atoms. The third kappa shape index (κ3) is 2.63. The highest BCUT2D eigenvalue weighted by Crippen LogP contribution is 2.34. The van der Waals surface area contributed by atoms with Gasteiger partial charge in [-0.25, -0.2) is 0 Å². The van der Waals surface area contributed by atoms with Gasteiger partial charge < -0.3 is 10.1 Å². The number of fused-ring (bicyclic) bond motifs is 1. The lowest BCUT2D eigenvalue weighted by molar-refractivity contribution is -0.117. The molecule has 1 atom stereocenters. The minimum Gasteiger partial charge on any atom is -0.492 e. The molecule has 0 saturated heterocycles. The minimum absolute atomic E-state index is 0.172. The lowest BCUT2D eigenvalue weighted by atomic mass is 10.0. The number of hydrogen-bond acceptors (Lipinski definition) is 3. The zero-order valence-electron chi connectivity index (χ0n) is 11.0. The smallest absolute Gasteiger partial charge is 0.235 e. The molecule has 1 unspecified atom stereocenters. The van der Waals surface area contributed by atoms with Gasteiger partial charge in [-0.05, 0) is 24.3 Å². The number of ether oxygens (including phenoxy) is 1. The van der Waals surface area contributed by atoms with Crippen LogP contribution >= 0.6 is 15.9 Å². The van der Waals surface area contributed by atoms with Crippen LogP contribution in [0.3, 0.4) is 0 Å². The van der Waals surface area contributed by atoms with E-state index in [1.54, 1.807) is 18.2 Å². The number of carbonyl (C=O) groups is 1. The first-order valence-electron chi connectivity index (χ1n) is 6.41. The van der Waals surface area contributed by atoms with Crippen molar-refractivity contribution in [2.75, 3.05) is 11.9 Å². The van der Waals surface area contributed by atoms with Crippen molar-refractivity contribution >= 4 is 27.5 Å². The molecule has 4 nitrogen and oxygen atoms in total. The highest BCUT2D eigenvalue weighted by Gasteiger charge is 2.30. The van der Waals surface area contributed by atoms with Gasteiger partial charge in [0.05, 0.1) is 11.3 Å². The van der Waals surface area contributed by atoms with Gasteiger partial charge in [-0.15, -0.1) is 0 Å². The number of carbonyl (C=O) groups excluding carboxylic acids is 1. The van der Waals surface area contributed by atoms with E-state index in [0.29, 0.717) is 17.9 Å². The number of para-hydroxylation sites is 1. The molecule has 2 aromatic carbocycles. The molecule has 0 aromatic heterocycles. The van der Waals surface area contributed by atoms with Crippen molar-refractivity contribution in [1.82, 2.24) is 0 Å². The highest BCUT2D eigenvalue weighted by molar-refractivity contribution is 9.10. The molecule has 2 aromatic rings. The minimum atomic E-state index is -0.355. The zero-order chi connectivity index (χ0) is 14.8. The number of amides is 1. The van der Waals surface area contributed by atoms with E-state index < -0.39 is 0 Å². The molecular weight excluding hydrogens is 332 g/mol. The number of halogens is 1. The number of anilines is 1. The van der Waals surface area contributed by atoms with Gasteiger partial charge in [-0.3, -0.25) is 4.79 Å². The average molecular weight is 343 g/mol. The first-order chi connectivity index (χ1) is 10.2. The molecule has 1 heterocycles. The van der Waals surface area contributed by atoms with Crippen LogP contribution in [-0.2, 0) is 4.79 Å². The van der Waals surface area contributed by atoms with E-state index in [9.17, 15) is 4.79 Å². The maximum atomic E-state index is 12.4. The van der Waals surface area contributed by atoms with Crippen molar-refractivity contribution in [2.45, 2.75) is 5.92 Å². The lowest BCUT2D eigenvalue weighted by Gasteiger charge is -2.11. The molecule has 0 saturated carbocycles. The summed E-state index contributed by atoms with van der Waals surface area (Å²) in [6.45, 7) is 0.321. The molecule has 0 fully saturated rings. The summed E-state index contributed by atoms with van der Waals surface area (Å²) >= 11 is 3.34. The highest BCUT2D eigenvalue weighted by atomic mass is 79.9. The van der Waals surface area contributed by atoms with E-state index >= 15 is 0 Å². The summed E-state index contributed by atoms with van der Waals surface area (Å²) < 4.78 is 6.32. The number of nitrogens with one attached hydrogen (secondary N) is 1. The SMILES string of the molecule is N#Cc1ccc(Br)cc1NC(=O)C1COc2ccccc21. The Kier molecular flexibility index (Phi) is 3.63. The molecule has 3 rings (SSSR count). The maximum absolute atomic E-state index is 12.4. The largest absolute Gasteiger partial charge is 0.492 e. The van der Waals surface area contributed by atoms with E-state index in [2.05, 4.69) is 27.3 Å². The third-order valence-electron chi connectivity index (χ3n) is 3.38.